The second kappa shape index (κ2) is 5.10. The van der Waals surface area contributed by atoms with Gasteiger partial charge in [-0.15, -0.1) is 0 Å². The maximum atomic E-state index is 5.90. The molecule has 2 unspecified atom stereocenters. The molecule has 2 atom stereocenters. The summed E-state index contributed by atoms with van der Waals surface area (Å²) in [5.41, 5.74) is 7.83. The number of nitrogens with two attached hydrogens (primary N) is 1. The number of anilines is 2. The number of nitrogens with one attached hydrogen (secondary N) is 1. The lowest BCUT2D eigenvalue weighted by Crippen LogP contribution is -2.43. The van der Waals surface area contributed by atoms with E-state index in [4.69, 9.17) is 15.5 Å². The molecule has 0 aliphatic carbocycles. The van der Waals surface area contributed by atoms with Crippen molar-refractivity contribution >= 4 is 22.9 Å². The highest BCUT2D eigenvalue weighted by atomic mass is 16.5. The third-order valence-corrected chi connectivity index (χ3v) is 4.57. The highest BCUT2D eigenvalue weighted by molar-refractivity contribution is 5.90. The second-order valence-electron chi connectivity index (χ2n) is 6.20. The van der Waals surface area contributed by atoms with E-state index in [9.17, 15) is 0 Å². The van der Waals surface area contributed by atoms with Gasteiger partial charge in [-0.05, 0) is 12.8 Å². The van der Waals surface area contributed by atoms with Crippen LogP contribution in [0.1, 0.15) is 12.8 Å². The van der Waals surface area contributed by atoms with E-state index in [0.717, 1.165) is 42.6 Å². The Hall–Kier alpha value is -2.81. The van der Waals surface area contributed by atoms with E-state index in [-0.39, 0.29) is 18.2 Å². The molecule has 0 amide bonds. The third kappa shape index (κ3) is 2.16. The highest BCUT2D eigenvalue weighted by Crippen LogP contribution is 2.31. The molecule has 2 saturated heterocycles. The number of fused-ring (bicyclic) bond motifs is 3. The van der Waals surface area contributed by atoms with Crippen molar-refractivity contribution in [2.24, 2.45) is 0 Å². The van der Waals surface area contributed by atoms with E-state index < -0.39 is 0 Å². The molecule has 2 bridgehead atoms. The minimum atomic E-state index is 0.237. The zero-order valence-electron chi connectivity index (χ0n) is 12.9. The molecule has 3 aromatic rings. The van der Waals surface area contributed by atoms with E-state index >= 15 is 0 Å². The van der Waals surface area contributed by atoms with Gasteiger partial charge in [0.1, 0.15) is 0 Å². The van der Waals surface area contributed by atoms with E-state index in [2.05, 4.69) is 30.0 Å². The summed E-state index contributed by atoms with van der Waals surface area (Å²) in [5, 5.41) is 7.87. The third-order valence-electron chi connectivity index (χ3n) is 4.57. The summed E-state index contributed by atoms with van der Waals surface area (Å²) in [7, 11) is 0. The van der Waals surface area contributed by atoms with Gasteiger partial charge in [0.2, 0.25) is 11.9 Å². The Kier molecular flexibility index (Phi) is 2.89. The first-order valence-corrected chi connectivity index (χ1v) is 7.96. The zero-order chi connectivity index (χ0) is 16.1. The predicted molar refractivity (Wildman–Crippen MR) is 87.2 cm³/mol. The lowest BCUT2D eigenvalue weighted by atomic mass is 10.2. The fraction of sp³-hybridized carbons (Fsp3) is 0.400. The fourth-order valence-electron chi connectivity index (χ4n) is 3.42. The average Bonchev–Trinajstić information content (AvgIpc) is 3.20. The van der Waals surface area contributed by atoms with Crippen LogP contribution in [0.25, 0.3) is 22.3 Å². The van der Waals surface area contributed by atoms with Gasteiger partial charge in [-0.1, -0.05) is 0 Å². The highest BCUT2D eigenvalue weighted by Gasteiger charge is 2.35. The molecular formula is C15H16N8O. The largest absolute Gasteiger partial charge is 0.371 e. The molecule has 24 heavy (non-hydrogen) atoms. The molecule has 0 spiro atoms. The van der Waals surface area contributed by atoms with Gasteiger partial charge in [0.15, 0.2) is 5.65 Å². The van der Waals surface area contributed by atoms with Crippen molar-refractivity contribution < 1.29 is 4.74 Å². The van der Waals surface area contributed by atoms with Crippen LogP contribution in [0.5, 0.6) is 0 Å². The number of ether oxygens (including phenoxy) is 1. The predicted octanol–water partition coefficient (Wildman–Crippen LogP) is 0.760. The van der Waals surface area contributed by atoms with Crippen LogP contribution in [-0.2, 0) is 4.74 Å². The van der Waals surface area contributed by atoms with Crippen LogP contribution in [-0.4, -0.2) is 55.4 Å². The molecule has 5 rings (SSSR count). The Morgan fingerprint density at radius 2 is 1.83 bits per heavy atom. The zero-order valence-corrected chi connectivity index (χ0v) is 12.9. The molecular weight excluding hydrogens is 308 g/mol. The van der Waals surface area contributed by atoms with Gasteiger partial charge < -0.3 is 15.4 Å². The quantitative estimate of drug-likeness (QED) is 0.709. The number of rotatable bonds is 2. The Labute approximate surface area is 137 Å². The molecule has 9 nitrogen and oxygen atoms in total. The van der Waals surface area contributed by atoms with Crippen LogP contribution in [0.15, 0.2) is 18.6 Å². The van der Waals surface area contributed by atoms with E-state index in [1.54, 1.807) is 18.6 Å². The van der Waals surface area contributed by atoms with Crippen molar-refractivity contribution in [2.75, 3.05) is 23.7 Å². The minimum absolute atomic E-state index is 0.237. The van der Waals surface area contributed by atoms with E-state index in [1.165, 1.54) is 0 Å². The van der Waals surface area contributed by atoms with Gasteiger partial charge in [0.05, 0.1) is 29.5 Å². The van der Waals surface area contributed by atoms with Crippen molar-refractivity contribution in [2.45, 2.75) is 25.0 Å². The molecule has 9 heteroatoms. The molecule has 0 saturated carbocycles. The Morgan fingerprint density at radius 3 is 2.58 bits per heavy atom. The Morgan fingerprint density at radius 1 is 1.08 bits per heavy atom. The molecule has 2 aliphatic heterocycles. The summed E-state index contributed by atoms with van der Waals surface area (Å²) in [4.78, 5) is 19.7. The number of hydrogen-bond donors (Lipinski definition) is 2. The number of nitrogen functional groups attached to an aromatic ring is 1. The van der Waals surface area contributed by atoms with Gasteiger partial charge >= 0.3 is 0 Å². The summed E-state index contributed by atoms with van der Waals surface area (Å²) < 4.78 is 5.90. The van der Waals surface area contributed by atoms with Gasteiger partial charge in [-0.25, -0.2) is 15.0 Å². The van der Waals surface area contributed by atoms with Crippen LogP contribution in [0.4, 0.5) is 11.9 Å². The fourth-order valence-corrected chi connectivity index (χ4v) is 3.42. The van der Waals surface area contributed by atoms with Crippen molar-refractivity contribution in [1.29, 1.82) is 0 Å². The van der Waals surface area contributed by atoms with Crippen LogP contribution in [0.3, 0.4) is 0 Å². The molecule has 3 aromatic heterocycles. The topological polar surface area (TPSA) is 119 Å². The van der Waals surface area contributed by atoms with Crippen LogP contribution in [0.2, 0.25) is 0 Å². The molecule has 5 heterocycles. The average molecular weight is 324 g/mol. The number of nitrogens with zero attached hydrogens (tertiary/aromatic N) is 6. The minimum Gasteiger partial charge on any atom is -0.371 e. The number of aromatic amines is 1. The smallest absolute Gasteiger partial charge is 0.228 e. The lowest BCUT2D eigenvalue weighted by Gasteiger charge is -2.32. The van der Waals surface area contributed by atoms with Crippen LogP contribution >= 0.6 is 0 Å². The van der Waals surface area contributed by atoms with Crippen molar-refractivity contribution in [3.63, 3.8) is 0 Å². The summed E-state index contributed by atoms with van der Waals surface area (Å²) >= 11 is 0. The molecule has 122 valence electrons. The normalized spacial score (nSPS) is 23.1. The summed E-state index contributed by atoms with van der Waals surface area (Å²) in [6.45, 7) is 1.63. The molecule has 2 aliphatic rings. The monoisotopic (exact) mass is 324 g/mol. The van der Waals surface area contributed by atoms with Crippen molar-refractivity contribution in [1.82, 2.24) is 30.1 Å². The second-order valence-corrected chi connectivity index (χ2v) is 6.20. The Balaban J connectivity index is 1.61. The number of H-pyrrole nitrogens is 1. The van der Waals surface area contributed by atoms with Crippen molar-refractivity contribution in [3.05, 3.63) is 18.6 Å². The summed E-state index contributed by atoms with van der Waals surface area (Å²) in [6, 6.07) is 0. The van der Waals surface area contributed by atoms with E-state index in [1.807, 2.05) is 0 Å². The first-order valence-electron chi connectivity index (χ1n) is 7.96. The van der Waals surface area contributed by atoms with Gasteiger partial charge in [-0.3, -0.25) is 5.10 Å². The van der Waals surface area contributed by atoms with Crippen molar-refractivity contribution in [3.8, 4) is 11.3 Å². The standard InChI is InChI=1S/C15H16N8O/c16-14-17-3-8(4-18-14)12-11-5-19-22-13(11)21-15(20-12)23-6-9-1-2-10(7-23)24-9/h3-5,9-10H,1-2,6-7H2,(H2,16,17,18)(H,19,20,21,22). The van der Waals surface area contributed by atoms with Crippen LogP contribution < -0.4 is 10.6 Å². The first-order chi connectivity index (χ1) is 11.8. The molecule has 3 N–H and O–H groups in total. The SMILES string of the molecule is Nc1ncc(-c2nc(N3CC4CCC(C3)O4)nc3[nH]ncc23)cn1. The molecule has 0 radical (unpaired) electrons. The van der Waals surface area contributed by atoms with Gasteiger partial charge in [0, 0.05) is 31.0 Å². The number of morpholine rings is 1. The lowest BCUT2D eigenvalue weighted by molar-refractivity contribution is 0.0299. The van der Waals surface area contributed by atoms with Crippen LogP contribution in [0, 0.1) is 0 Å². The molecule has 2 fully saturated rings. The maximum absolute atomic E-state index is 5.90. The van der Waals surface area contributed by atoms with E-state index in [0.29, 0.717) is 11.6 Å². The summed E-state index contributed by atoms with van der Waals surface area (Å²) in [6.07, 6.45) is 7.81. The molecule has 0 aromatic carbocycles. The maximum Gasteiger partial charge on any atom is 0.228 e. The number of aromatic nitrogens is 6. The summed E-state index contributed by atoms with van der Waals surface area (Å²) in [5.74, 6) is 0.917. The van der Waals surface area contributed by atoms with Gasteiger partial charge in [0.25, 0.3) is 0 Å². The van der Waals surface area contributed by atoms with Gasteiger partial charge in [-0.2, -0.15) is 10.1 Å². The first kappa shape index (κ1) is 13.6. The Bertz CT molecular complexity index is 880. The number of hydrogen-bond acceptors (Lipinski definition) is 8.